The van der Waals surface area contributed by atoms with E-state index >= 15 is 0 Å². The van der Waals surface area contributed by atoms with Gasteiger partial charge in [0.1, 0.15) is 23.1 Å². The van der Waals surface area contributed by atoms with E-state index in [2.05, 4.69) is 17.2 Å². The summed E-state index contributed by atoms with van der Waals surface area (Å²) < 4.78 is 5.66. The van der Waals surface area contributed by atoms with Crippen LogP contribution in [0, 0.1) is 0 Å². The number of benzene rings is 1. The SMILES string of the molecule is C[C@@H]1CNCCN1C(=O)c1csc(COc2ccccc2)n1. The van der Waals surface area contributed by atoms with E-state index in [1.807, 2.05) is 40.6 Å². The molecule has 2 heterocycles. The van der Waals surface area contributed by atoms with Gasteiger partial charge in [0.05, 0.1) is 0 Å². The fourth-order valence-corrected chi connectivity index (χ4v) is 3.11. The van der Waals surface area contributed by atoms with Crippen LogP contribution in [0.3, 0.4) is 0 Å². The summed E-state index contributed by atoms with van der Waals surface area (Å²) in [5.41, 5.74) is 0.519. The quantitative estimate of drug-likeness (QED) is 0.939. The molecule has 0 spiro atoms. The van der Waals surface area contributed by atoms with Crippen LogP contribution in [-0.2, 0) is 6.61 Å². The van der Waals surface area contributed by atoms with E-state index in [4.69, 9.17) is 4.74 Å². The predicted molar refractivity (Wildman–Crippen MR) is 86.3 cm³/mol. The fourth-order valence-electron chi connectivity index (χ4n) is 2.43. The van der Waals surface area contributed by atoms with E-state index in [0.29, 0.717) is 12.3 Å². The second kappa shape index (κ2) is 6.89. The van der Waals surface area contributed by atoms with E-state index in [1.165, 1.54) is 11.3 Å². The molecule has 1 aromatic carbocycles. The second-order valence-electron chi connectivity index (χ2n) is 5.28. The largest absolute Gasteiger partial charge is 0.486 e. The van der Waals surface area contributed by atoms with Gasteiger partial charge < -0.3 is 15.0 Å². The summed E-state index contributed by atoms with van der Waals surface area (Å²) in [5, 5.41) is 5.92. The number of amides is 1. The van der Waals surface area contributed by atoms with Gasteiger partial charge in [0, 0.05) is 31.1 Å². The lowest BCUT2D eigenvalue weighted by Gasteiger charge is -2.33. The van der Waals surface area contributed by atoms with Gasteiger partial charge in [-0.2, -0.15) is 0 Å². The summed E-state index contributed by atoms with van der Waals surface area (Å²) in [6.07, 6.45) is 0. The maximum atomic E-state index is 12.5. The lowest BCUT2D eigenvalue weighted by atomic mass is 10.2. The number of thiazole rings is 1. The Labute approximate surface area is 133 Å². The molecule has 1 atom stereocenters. The minimum absolute atomic E-state index is 0.0104. The van der Waals surface area contributed by atoms with Crippen LogP contribution in [-0.4, -0.2) is 41.5 Å². The van der Waals surface area contributed by atoms with E-state index in [0.717, 1.165) is 30.4 Å². The Morgan fingerprint density at radius 1 is 1.45 bits per heavy atom. The van der Waals surface area contributed by atoms with Crippen molar-refractivity contribution in [2.45, 2.75) is 19.6 Å². The highest BCUT2D eigenvalue weighted by Gasteiger charge is 2.25. The zero-order chi connectivity index (χ0) is 15.4. The molecule has 0 radical (unpaired) electrons. The van der Waals surface area contributed by atoms with Crippen molar-refractivity contribution in [2.75, 3.05) is 19.6 Å². The number of carbonyl (C=O) groups is 1. The van der Waals surface area contributed by atoms with Crippen molar-refractivity contribution in [3.63, 3.8) is 0 Å². The number of nitrogens with one attached hydrogen (secondary N) is 1. The Morgan fingerprint density at radius 2 is 2.27 bits per heavy atom. The minimum Gasteiger partial charge on any atom is -0.486 e. The summed E-state index contributed by atoms with van der Waals surface area (Å²) >= 11 is 1.46. The van der Waals surface area contributed by atoms with Crippen LogP contribution < -0.4 is 10.1 Å². The molecule has 1 fully saturated rings. The smallest absolute Gasteiger partial charge is 0.273 e. The number of nitrogens with zero attached hydrogens (tertiary/aromatic N) is 2. The molecule has 0 unspecified atom stereocenters. The number of aromatic nitrogens is 1. The number of carbonyl (C=O) groups excluding carboxylic acids is 1. The molecular weight excluding hydrogens is 298 g/mol. The molecule has 1 aromatic heterocycles. The van der Waals surface area contributed by atoms with Crippen molar-refractivity contribution in [3.05, 3.63) is 46.4 Å². The highest BCUT2D eigenvalue weighted by atomic mass is 32.1. The van der Waals surface area contributed by atoms with Crippen molar-refractivity contribution >= 4 is 17.2 Å². The number of hydrogen-bond acceptors (Lipinski definition) is 5. The molecule has 2 aromatic rings. The highest BCUT2D eigenvalue weighted by Crippen LogP contribution is 2.17. The van der Waals surface area contributed by atoms with Gasteiger partial charge in [0.15, 0.2) is 0 Å². The molecule has 1 aliphatic rings. The monoisotopic (exact) mass is 317 g/mol. The lowest BCUT2D eigenvalue weighted by Crippen LogP contribution is -2.52. The Morgan fingerprint density at radius 3 is 3.05 bits per heavy atom. The van der Waals surface area contributed by atoms with Crippen molar-refractivity contribution in [1.29, 1.82) is 0 Å². The van der Waals surface area contributed by atoms with E-state index in [-0.39, 0.29) is 11.9 Å². The van der Waals surface area contributed by atoms with Crippen LogP contribution in [0.15, 0.2) is 35.7 Å². The third-order valence-electron chi connectivity index (χ3n) is 3.64. The zero-order valence-corrected chi connectivity index (χ0v) is 13.3. The molecule has 1 amide bonds. The summed E-state index contributed by atoms with van der Waals surface area (Å²) in [6, 6.07) is 9.81. The molecular formula is C16H19N3O2S. The summed E-state index contributed by atoms with van der Waals surface area (Å²) in [4.78, 5) is 18.8. The van der Waals surface area contributed by atoms with E-state index < -0.39 is 0 Å². The topological polar surface area (TPSA) is 54.5 Å². The first-order chi connectivity index (χ1) is 10.7. The lowest BCUT2D eigenvalue weighted by molar-refractivity contribution is 0.0650. The Kier molecular flexibility index (Phi) is 4.70. The van der Waals surface area contributed by atoms with E-state index in [9.17, 15) is 4.79 Å². The molecule has 1 aliphatic heterocycles. The van der Waals surface area contributed by atoms with Gasteiger partial charge in [-0.05, 0) is 19.1 Å². The molecule has 1 N–H and O–H groups in total. The number of piperazine rings is 1. The maximum Gasteiger partial charge on any atom is 0.273 e. The van der Waals surface area contributed by atoms with Gasteiger partial charge in [0.2, 0.25) is 0 Å². The van der Waals surface area contributed by atoms with Crippen molar-refractivity contribution < 1.29 is 9.53 Å². The first-order valence-corrected chi connectivity index (χ1v) is 8.26. The standard InChI is InChI=1S/C16H19N3O2S/c1-12-9-17-7-8-19(12)16(20)14-11-22-15(18-14)10-21-13-5-3-2-4-6-13/h2-6,11-12,17H,7-10H2,1H3/t12-/m1/s1. The summed E-state index contributed by atoms with van der Waals surface area (Å²) in [5.74, 6) is 0.817. The van der Waals surface area contributed by atoms with Crippen LogP contribution >= 0.6 is 11.3 Å². The van der Waals surface area contributed by atoms with Crippen LogP contribution in [0.1, 0.15) is 22.4 Å². The summed E-state index contributed by atoms with van der Waals surface area (Å²) in [7, 11) is 0. The number of hydrogen-bond donors (Lipinski definition) is 1. The third-order valence-corrected chi connectivity index (χ3v) is 4.46. The van der Waals surface area contributed by atoms with Crippen LogP contribution in [0.5, 0.6) is 5.75 Å². The average molecular weight is 317 g/mol. The Balaban J connectivity index is 1.62. The predicted octanol–water partition coefficient (Wildman–Crippen LogP) is 2.16. The van der Waals surface area contributed by atoms with Gasteiger partial charge in [-0.25, -0.2) is 4.98 Å². The zero-order valence-electron chi connectivity index (χ0n) is 12.5. The van der Waals surface area contributed by atoms with Crippen LogP contribution in [0.4, 0.5) is 0 Å². The van der Waals surface area contributed by atoms with Crippen LogP contribution in [0.2, 0.25) is 0 Å². The molecule has 5 nitrogen and oxygen atoms in total. The third kappa shape index (κ3) is 3.45. The molecule has 0 bridgehead atoms. The van der Waals surface area contributed by atoms with Gasteiger partial charge in [-0.3, -0.25) is 4.79 Å². The van der Waals surface area contributed by atoms with Crippen molar-refractivity contribution in [3.8, 4) is 5.75 Å². The van der Waals surface area contributed by atoms with Gasteiger partial charge in [0.25, 0.3) is 5.91 Å². The van der Waals surface area contributed by atoms with Crippen LogP contribution in [0.25, 0.3) is 0 Å². The molecule has 22 heavy (non-hydrogen) atoms. The van der Waals surface area contributed by atoms with Gasteiger partial charge in [-0.15, -0.1) is 11.3 Å². The molecule has 0 aliphatic carbocycles. The molecule has 1 saturated heterocycles. The fraction of sp³-hybridized carbons (Fsp3) is 0.375. The molecule has 3 rings (SSSR count). The Bertz CT molecular complexity index is 629. The maximum absolute atomic E-state index is 12.5. The highest BCUT2D eigenvalue weighted by molar-refractivity contribution is 7.09. The molecule has 0 saturated carbocycles. The van der Waals surface area contributed by atoms with Crippen molar-refractivity contribution in [1.82, 2.24) is 15.2 Å². The second-order valence-corrected chi connectivity index (χ2v) is 6.22. The minimum atomic E-state index is 0.0104. The van der Waals surface area contributed by atoms with Crippen molar-refractivity contribution in [2.24, 2.45) is 0 Å². The first kappa shape index (κ1) is 15.0. The average Bonchev–Trinajstić information content (AvgIpc) is 3.03. The number of para-hydroxylation sites is 1. The number of rotatable bonds is 4. The Hall–Kier alpha value is -1.92. The molecule has 116 valence electrons. The normalized spacial score (nSPS) is 18.2. The first-order valence-electron chi connectivity index (χ1n) is 7.38. The molecule has 6 heteroatoms. The van der Waals surface area contributed by atoms with Gasteiger partial charge >= 0.3 is 0 Å². The summed E-state index contributed by atoms with van der Waals surface area (Å²) in [6.45, 7) is 4.84. The van der Waals surface area contributed by atoms with Gasteiger partial charge in [-0.1, -0.05) is 18.2 Å². The van der Waals surface area contributed by atoms with E-state index in [1.54, 1.807) is 0 Å². The number of ether oxygens (including phenoxy) is 1.